The van der Waals surface area contributed by atoms with Crippen LogP contribution < -0.4 is 20.9 Å². The molecule has 4 aromatic rings. The summed E-state index contributed by atoms with van der Waals surface area (Å²) in [7, 11) is 1.59. The number of fused-ring (bicyclic) bond motifs is 1. The van der Waals surface area contributed by atoms with Gasteiger partial charge in [-0.25, -0.2) is 0 Å². The van der Waals surface area contributed by atoms with E-state index < -0.39 is 0 Å². The highest BCUT2D eigenvalue weighted by Crippen LogP contribution is 2.37. The fourth-order valence-electron chi connectivity index (χ4n) is 5.04. The highest BCUT2D eigenvalue weighted by Gasteiger charge is 2.28. The summed E-state index contributed by atoms with van der Waals surface area (Å²) in [4.78, 5) is 41.3. The third-order valence-corrected chi connectivity index (χ3v) is 8.41. The predicted molar refractivity (Wildman–Crippen MR) is 191 cm³/mol. The standard InChI is InChI=1S/C36H32Cl2N4O4.ClH/c1-23-32(46-22-28-29(37)17-18-31(35(28)38)41(2)34(44)21-39)20-26-10-6-7-11-30(26)42(23)33(43)19-14-24-12-15-27(16-13-24)40-36(45)25-8-4-3-5-9-25;/h3-19H,20-22,39H2,1-2H3,(H,40,45);1H. The number of hydrogen-bond acceptors (Lipinski definition) is 5. The Morgan fingerprint density at radius 3 is 2.34 bits per heavy atom. The molecular weight excluding hydrogens is 659 g/mol. The van der Waals surface area contributed by atoms with Gasteiger partial charge in [-0.15, -0.1) is 12.4 Å². The highest BCUT2D eigenvalue weighted by atomic mass is 35.5. The van der Waals surface area contributed by atoms with Crippen molar-refractivity contribution in [3.05, 3.63) is 141 Å². The van der Waals surface area contributed by atoms with E-state index in [0.717, 1.165) is 16.8 Å². The number of allylic oxidation sites excluding steroid dienone is 2. The fraction of sp³-hybridized carbons (Fsp3) is 0.139. The summed E-state index contributed by atoms with van der Waals surface area (Å²) in [5.74, 6) is -0.170. The van der Waals surface area contributed by atoms with Gasteiger partial charge in [-0.05, 0) is 66.6 Å². The molecule has 3 amide bonds. The minimum atomic E-state index is -0.300. The predicted octanol–water partition coefficient (Wildman–Crippen LogP) is 7.64. The Hall–Kier alpha value is -4.60. The number of ether oxygens (including phenoxy) is 1. The van der Waals surface area contributed by atoms with E-state index in [2.05, 4.69) is 5.32 Å². The van der Waals surface area contributed by atoms with E-state index in [1.807, 2.05) is 61.5 Å². The molecule has 8 nitrogen and oxygen atoms in total. The normalized spacial score (nSPS) is 12.3. The molecule has 0 unspecified atom stereocenters. The lowest BCUT2D eigenvalue weighted by Gasteiger charge is -2.31. The number of para-hydroxylation sites is 1. The van der Waals surface area contributed by atoms with Gasteiger partial charge in [0.25, 0.3) is 11.8 Å². The molecule has 5 rings (SSSR count). The maximum Gasteiger partial charge on any atom is 0.255 e. The molecule has 4 aromatic carbocycles. The Balaban J connectivity index is 0.00000500. The maximum atomic E-state index is 13.7. The van der Waals surface area contributed by atoms with Crippen molar-refractivity contribution in [1.82, 2.24) is 0 Å². The zero-order valence-corrected chi connectivity index (χ0v) is 28.0. The molecule has 47 heavy (non-hydrogen) atoms. The van der Waals surface area contributed by atoms with Crippen LogP contribution in [0, 0.1) is 0 Å². The molecule has 0 saturated heterocycles. The highest BCUT2D eigenvalue weighted by molar-refractivity contribution is 6.38. The summed E-state index contributed by atoms with van der Waals surface area (Å²) < 4.78 is 6.27. The lowest BCUT2D eigenvalue weighted by Crippen LogP contribution is -2.33. The molecule has 1 aliphatic rings. The molecule has 3 N–H and O–H groups in total. The third-order valence-electron chi connectivity index (χ3n) is 7.63. The fourth-order valence-corrected chi connectivity index (χ4v) is 5.65. The molecule has 0 radical (unpaired) electrons. The largest absolute Gasteiger partial charge is 0.491 e. The van der Waals surface area contributed by atoms with Gasteiger partial charge in [-0.1, -0.05) is 71.7 Å². The average Bonchev–Trinajstić information content (AvgIpc) is 3.07. The number of carbonyl (C=O) groups excluding carboxylic acids is 3. The van der Waals surface area contributed by atoms with Crippen molar-refractivity contribution < 1.29 is 19.1 Å². The Bertz CT molecular complexity index is 1840. The van der Waals surface area contributed by atoms with Crippen LogP contribution in [0.4, 0.5) is 17.1 Å². The first-order valence-electron chi connectivity index (χ1n) is 14.5. The minimum Gasteiger partial charge on any atom is -0.491 e. The summed E-state index contributed by atoms with van der Waals surface area (Å²) in [6.07, 6.45) is 3.69. The summed E-state index contributed by atoms with van der Waals surface area (Å²) in [6.45, 7) is 1.69. The summed E-state index contributed by atoms with van der Waals surface area (Å²) >= 11 is 13.2. The quantitative estimate of drug-likeness (QED) is 0.176. The molecule has 242 valence electrons. The molecule has 0 fully saturated rings. The topological polar surface area (TPSA) is 105 Å². The molecule has 0 aliphatic carbocycles. The Labute approximate surface area is 289 Å². The van der Waals surface area contributed by atoms with E-state index in [0.29, 0.717) is 45.4 Å². The van der Waals surface area contributed by atoms with Crippen molar-refractivity contribution in [3.8, 4) is 0 Å². The maximum absolute atomic E-state index is 13.7. The van der Waals surface area contributed by atoms with Crippen LogP contribution >= 0.6 is 35.6 Å². The lowest BCUT2D eigenvalue weighted by atomic mass is 10.0. The number of anilines is 3. The van der Waals surface area contributed by atoms with Crippen molar-refractivity contribution in [2.75, 3.05) is 28.7 Å². The zero-order chi connectivity index (χ0) is 32.8. The van der Waals surface area contributed by atoms with Crippen LogP contribution in [-0.2, 0) is 27.4 Å². The van der Waals surface area contributed by atoms with Crippen LogP contribution in [0.1, 0.15) is 34.0 Å². The van der Waals surface area contributed by atoms with Gasteiger partial charge in [0.15, 0.2) is 0 Å². The number of nitrogens with two attached hydrogens (primary N) is 1. The van der Waals surface area contributed by atoms with Crippen LogP contribution in [0.15, 0.2) is 109 Å². The number of halogens is 3. The number of amides is 3. The number of nitrogens with one attached hydrogen (secondary N) is 1. The second-order valence-electron chi connectivity index (χ2n) is 10.6. The molecular formula is C36H33Cl3N4O4. The Morgan fingerprint density at radius 1 is 0.957 bits per heavy atom. The van der Waals surface area contributed by atoms with Gasteiger partial charge in [0, 0.05) is 41.4 Å². The van der Waals surface area contributed by atoms with Crippen LogP contribution in [0.5, 0.6) is 0 Å². The molecule has 1 heterocycles. The number of benzene rings is 4. The first kappa shape index (κ1) is 35.3. The SMILES string of the molecule is CC1=C(OCc2c(Cl)ccc(N(C)C(=O)CN)c2Cl)Cc2ccccc2N1C(=O)C=Cc1ccc(NC(=O)c2ccccc2)cc1.Cl. The van der Waals surface area contributed by atoms with Gasteiger partial charge in [0.1, 0.15) is 12.4 Å². The third kappa shape index (κ3) is 8.04. The van der Waals surface area contributed by atoms with Crippen molar-refractivity contribution in [2.45, 2.75) is 20.0 Å². The molecule has 1 aliphatic heterocycles. The van der Waals surface area contributed by atoms with Crippen molar-refractivity contribution in [2.24, 2.45) is 5.73 Å². The monoisotopic (exact) mass is 690 g/mol. The second kappa shape index (κ2) is 15.8. The summed E-state index contributed by atoms with van der Waals surface area (Å²) in [5.41, 5.74) is 10.8. The van der Waals surface area contributed by atoms with Gasteiger partial charge in [-0.3, -0.25) is 19.3 Å². The Kier molecular flexibility index (Phi) is 11.9. The van der Waals surface area contributed by atoms with Crippen LogP contribution in [0.25, 0.3) is 6.08 Å². The average molecular weight is 692 g/mol. The molecule has 0 bridgehead atoms. The number of carbonyl (C=O) groups is 3. The van der Waals surface area contributed by atoms with Gasteiger partial charge in [0.05, 0.1) is 28.6 Å². The summed E-state index contributed by atoms with van der Waals surface area (Å²) in [5, 5.41) is 3.55. The van der Waals surface area contributed by atoms with Gasteiger partial charge in [0.2, 0.25) is 5.91 Å². The van der Waals surface area contributed by atoms with E-state index in [1.165, 1.54) is 11.0 Å². The van der Waals surface area contributed by atoms with E-state index in [-0.39, 0.29) is 48.3 Å². The van der Waals surface area contributed by atoms with Crippen LogP contribution in [0.3, 0.4) is 0 Å². The number of nitrogens with zero attached hydrogens (tertiary/aromatic N) is 2. The van der Waals surface area contributed by atoms with Crippen molar-refractivity contribution >= 4 is 76.5 Å². The molecule has 0 spiro atoms. The van der Waals surface area contributed by atoms with Gasteiger partial charge < -0.3 is 20.7 Å². The van der Waals surface area contributed by atoms with E-state index in [4.69, 9.17) is 33.7 Å². The van der Waals surface area contributed by atoms with Gasteiger partial charge in [-0.2, -0.15) is 0 Å². The molecule has 0 saturated carbocycles. The van der Waals surface area contributed by atoms with Crippen molar-refractivity contribution in [3.63, 3.8) is 0 Å². The van der Waals surface area contributed by atoms with E-state index >= 15 is 0 Å². The van der Waals surface area contributed by atoms with E-state index in [1.54, 1.807) is 54.4 Å². The first-order chi connectivity index (χ1) is 22.2. The van der Waals surface area contributed by atoms with E-state index in [9.17, 15) is 14.4 Å². The minimum absolute atomic E-state index is 0. The zero-order valence-electron chi connectivity index (χ0n) is 25.7. The number of rotatable bonds is 9. The van der Waals surface area contributed by atoms with Crippen molar-refractivity contribution in [1.29, 1.82) is 0 Å². The molecule has 11 heteroatoms. The molecule has 0 atom stereocenters. The Morgan fingerprint density at radius 2 is 1.64 bits per heavy atom. The second-order valence-corrected chi connectivity index (χ2v) is 11.4. The van der Waals surface area contributed by atoms with Crippen LogP contribution in [-0.4, -0.2) is 31.3 Å². The smallest absolute Gasteiger partial charge is 0.255 e. The van der Waals surface area contributed by atoms with Gasteiger partial charge >= 0.3 is 0 Å². The number of hydrogen-bond donors (Lipinski definition) is 2. The first-order valence-corrected chi connectivity index (χ1v) is 15.3. The number of likely N-dealkylation sites (N-methyl/N-ethyl adjacent to an activating group) is 1. The van der Waals surface area contributed by atoms with Crippen LogP contribution in [0.2, 0.25) is 10.0 Å². The summed E-state index contributed by atoms with van der Waals surface area (Å²) in [6, 6.07) is 27.1. The lowest BCUT2D eigenvalue weighted by molar-refractivity contribution is -0.117. The molecule has 0 aromatic heterocycles.